The average molecular weight is 516 g/mol. The van der Waals surface area contributed by atoms with Crippen LogP contribution in [0.25, 0.3) is 0 Å². The van der Waals surface area contributed by atoms with E-state index in [9.17, 15) is 23.3 Å². The van der Waals surface area contributed by atoms with E-state index < -0.39 is 27.4 Å². The Hall–Kier alpha value is -3.57. The van der Waals surface area contributed by atoms with Gasteiger partial charge in [0.1, 0.15) is 12.3 Å². The van der Waals surface area contributed by atoms with Gasteiger partial charge in [0.05, 0.1) is 27.8 Å². The number of aryl methyl sites for hydroxylation is 1. The van der Waals surface area contributed by atoms with E-state index in [1.807, 2.05) is 6.26 Å². The van der Waals surface area contributed by atoms with Crippen LogP contribution < -0.4 is 14.4 Å². The van der Waals surface area contributed by atoms with E-state index in [4.69, 9.17) is 4.74 Å². The van der Waals surface area contributed by atoms with Crippen LogP contribution in [0.1, 0.15) is 12.5 Å². The number of nitro groups is 1. The molecule has 3 rings (SSSR count). The number of benzene rings is 3. The van der Waals surface area contributed by atoms with Gasteiger partial charge in [0.2, 0.25) is 5.91 Å². The maximum absolute atomic E-state index is 13.7. The molecule has 0 heterocycles. The fraction of sp³-hybridized carbons (Fsp3) is 0.208. The second-order valence-corrected chi connectivity index (χ2v) is 10.1. The Kier molecular flexibility index (Phi) is 8.36. The topological polar surface area (TPSA) is 119 Å². The molecular formula is C24H25N3O6S2. The van der Waals surface area contributed by atoms with Gasteiger partial charge >= 0.3 is 0 Å². The van der Waals surface area contributed by atoms with Crippen molar-refractivity contribution in [3.8, 4) is 5.75 Å². The van der Waals surface area contributed by atoms with E-state index in [0.717, 1.165) is 9.20 Å². The smallest absolute Gasteiger partial charge is 0.271 e. The van der Waals surface area contributed by atoms with Crippen LogP contribution in [-0.2, 0) is 14.8 Å². The fourth-order valence-electron chi connectivity index (χ4n) is 3.29. The van der Waals surface area contributed by atoms with Crippen molar-refractivity contribution in [2.75, 3.05) is 29.0 Å². The van der Waals surface area contributed by atoms with Gasteiger partial charge in [-0.1, -0.05) is 18.2 Å². The molecule has 0 saturated heterocycles. The van der Waals surface area contributed by atoms with Crippen LogP contribution in [0.4, 0.5) is 17.1 Å². The van der Waals surface area contributed by atoms with Gasteiger partial charge < -0.3 is 10.1 Å². The maximum atomic E-state index is 13.7. The zero-order valence-corrected chi connectivity index (χ0v) is 21.1. The Morgan fingerprint density at radius 1 is 1.11 bits per heavy atom. The van der Waals surface area contributed by atoms with Crippen LogP contribution in [0, 0.1) is 17.0 Å². The molecule has 0 aromatic heterocycles. The fourth-order valence-corrected chi connectivity index (χ4v) is 5.13. The van der Waals surface area contributed by atoms with Crippen molar-refractivity contribution in [3.05, 3.63) is 82.4 Å². The Morgan fingerprint density at radius 2 is 1.80 bits per heavy atom. The first-order valence-electron chi connectivity index (χ1n) is 10.6. The predicted octanol–water partition coefficient (Wildman–Crippen LogP) is 4.86. The van der Waals surface area contributed by atoms with E-state index >= 15 is 0 Å². The average Bonchev–Trinajstić information content (AvgIpc) is 2.84. The number of nitrogens with one attached hydrogen (secondary N) is 1. The number of nitrogens with zero attached hydrogens (tertiary/aromatic N) is 2. The number of amides is 1. The molecule has 0 saturated carbocycles. The number of rotatable bonds is 10. The molecule has 0 aliphatic heterocycles. The summed E-state index contributed by atoms with van der Waals surface area (Å²) in [5, 5.41) is 13.7. The third kappa shape index (κ3) is 6.11. The highest BCUT2D eigenvalue weighted by atomic mass is 32.2. The molecule has 0 bridgehead atoms. The number of hydrogen-bond acceptors (Lipinski definition) is 7. The molecule has 0 aliphatic rings. The Morgan fingerprint density at radius 3 is 2.43 bits per heavy atom. The zero-order valence-electron chi connectivity index (χ0n) is 19.4. The first kappa shape index (κ1) is 26.0. The number of non-ortho nitro benzene ring substituents is 1. The van der Waals surface area contributed by atoms with Crippen LogP contribution in [0.3, 0.4) is 0 Å². The molecule has 3 aromatic carbocycles. The second-order valence-electron chi connectivity index (χ2n) is 7.39. The highest BCUT2D eigenvalue weighted by Crippen LogP contribution is 2.33. The lowest BCUT2D eigenvalue weighted by Crippen LogP contribution is -2.38. The lowest BCUT2D eigenvalue weighted by molar-refractivity contribution is -0.384. The number of hydrogen-bond donors (Lipinski definition) is 1. The summed E-state index contributed by atoms with van der Waals surface area (Å²) in [4.78, 5) is 24.5. The summed E-state index contributed by atoms with van der Waals surface area (Å²) in [7, 11) is -4.16. The highest BCUT2D eigenvalue weighted by Gasteiger charge is 2.29. The number of ether oxygens (including phenoxy) is 1. The third-order valence-corrected chi connectivity index (χ3v) is 7.59. The molecule has 35 heavy (non-hydrogen) atoms. The summed E-state index contributed by atoms with van der Waals surface area (Å²) in [6, 6.07) is 17.0. The van der Waals surface area contributed by atoms with Gasteiger partial charge in [0, 0.05) is 17.0 Å². The minimum atomic E-state index is -4.16. The van der Waals surface area contributed by atoms with Crippen LogP contribution in [0.2, 0.25) is 0 Å². The largest absolute Gasteiger partial charge is 0.492 e. The summed E-state index contributed by atoms with van der Waals surface area (Å²) in [6.45, 7) is 3.19. The molecule has 3 aromatic rings. The van der Waals surface area contributed by atoms with Crippen molar-refractivity contribution < 1.29 is 22.9 Å². The number of sulfonamides is 1. The van der Waals surface area contributed by atoms with E-state index in [-0.39, 0.29) is 22.0 Å². The van der Waals surface area contributed by atoms with Crippen molar-refractivity contribution in [3.63, 3.8) is 0 Å². The maximum Gasteiger partial charge on any atom is 0.271 e. The van der Waals surface area contributed by atoms with Crippen molar-refractivity contribution in [2.45, 2.75) is 23.6 Å². The Balaban J connectivity index is 2.01. The highest BCUT2D eigenvalue weighted by molar-refractivity contribution is 7.98. The molecular weight excluding hydrogens is 490 g/mol. The molecule has 1 N–H and O–H groups in total. The van der Waals surface area contributed by atoms with E-state index in [1.165, 1.54) is 42.1 Å². The van der Waals surface area contributed by atoms with Gasteiger partial charge in [-0.2, -0.15) is 0 Å². The second kappa shape index (κ2) is 11.2. The Labute approximate surface area is 208 Å². The van der Waals surface area contributed by atoms with Crippen LogP contribution in [0.15, 0.2) is 76.5 Å². The molecule has 9 nitrogen and oxygen atoms in total. The van der Waals surface area contributed by atoms with Gasteiger partial charge in [-0.05, 0) is 62.1 Å². The number of anilines is 2. The van der Waals surface area contributed by atoms with Gasteiger partial charge in [0.15, 0.2) is 0 Å². The van der Waals surface area contributed by atoms with Gasteiger partial charge in [0.25, 0.3) is 15.7 Å². The lowest BCUT2D eigenvalue weighted by Gasteiger charge is -2.26. The SMILES string of the molecule is CCOc1ccccc1N(CC(=O)Nc1cc([N+](=O)[O-])ccc1C)S(=O)(=O)c1ccc(SC)cc1. The van der Waals surface area contributed by atoms with Crippen LogP contribution >= 0.6 is 11.8 Å². The summed E-state index contributed by atoms with van der Waals surface area (Å²) < 4.78 is 34.0. The number of carbonyl (C=O) groups excluding carboxylic acids is 1. The minimum Gasteiger partial charge on any atom is -0.492 e. The minimum absolute atomic E-state index is 0.0148. The first-order chi connectivity index (χ1) is 16.7. The number of carbonyl (C=O) groups is 1. The van der Waals surface area contributed by atoms with E-state index in [2.05, 4.69) is 5.32 Å². The zero-order chi connectivity index (χ0) is 25.6. The first-order valence-corrected chi connectivity index (χ1v) is 13.3. The number of nitro benzene ring substituents is 1. The van der Waals surface area contributed by atoms with Crippen LogP contribution in [0.5, 0.6) is 5.75 Å². The van der Waals surface area contributed by atoms with E-state index in [1.54, 1.807) is 50.2 Å². The molecule has 0 atom stereocenters. The van der Waals surface area contributed by atoms with Gasteiger partial charge in [-0.25, -0.2) is 8.42 Å². The molecule has 0 radical (unpaired) electrons. The van der Waals surface area contributed by atoms with Crippen molar-refractivity contribution in [1.29, 1.82) is 0 Å². The summed E-state index contributed by atoms with van der Waals surface area (Å²) in [5.41, 5.74) is 0.838. The van der Waals surface area contributed by atoms with Crippen molar-refractivity contribution in [1.82, 2.24) is 0 Å². The summed E-state index contributed by atoms with van der Waals surface area (Å²) in [5.74, 6) is -0.358. The monoisotopic (exact) mass is 515 g/mol. The molecule has 0 fully saturated rings. The molecule has 0 unspecified atom stereocenters. The summed E-state index contributed by atoms with van der Waals surface area (Å²) >= 11 is 1.48. The summed E-state index contributed by atoms with van der Waals surface area (Å²) in [6.07, 6.45) is 1.88. The quantitative estimate of drug-likeness (QED) is 0.233. The number of para-hydroxylation sites is 2. The standard InChI is InChI=1S/C24H25N3O6S2/c1-4-33-23-8-6-5-7-22(23)26(35(31,32)20-13-11-19(34-3)12-14-20)16-24(28)25-21-15-18(27(29)30)10-9-17(21)2/h5-15H,4,16H2,1-3H3,(H,25,28). The van der Waals surface area contributed by atoms with E-state index in [0.29, 0.717) is 17.9 Å². The number of thioether (sulfide) groups is 1. The van der Waals surface area contributed by atoms with Gasteiger partial charge in [-0.3, -0.25) is 19.2 Å². The molecule has 11 heteroatoms. The van der Waals surface area contributed by atoms with Crippen LogP contribution in [-0.4, -0.2) is 38.7 Å². The lowest BCUT2D eigenvalue weighted by atomic mass is 10.2. The molecule has 1 amide bonds. The normalized spacial score (nSPS) is 11.1. The molecule has 184 valence electrons. The molecule has 0 spiro atoms. The van der Waals surface area contributed by atoms with Crippen molar-refractivity contribution >= 4 is 44.8 Å². The molecule has 0 aliphatic carbocycles. The predicted molar refractivity (Wildman–Crippen MR) is 137 cm³/mol. The van der Waals surface area contributed by atoms with Gasteiger partial charge in [-0.15, -0.1) is 11.8 Å². The third-order valence-electron chi connectivity index (χ3n) is 5.07. The Bertz CT molecular complexity index is 1330. The van der Waals surface area contributed by atoms with Crippen molar-refractivity contribution in [2.24, 2.45) is 0 Å².